The van der Waals surface area contributed by atoms with E-state index in [-0.39, 0.29) is 21.0 Å². The highest BCUT2D eigenvalue weighted by Gasteiger charge is 2.30. The molecule has 1 aliphatic carbocycles. The quantitative estimate of drug-likeness (QED) is 0.829. The minimum absolute atomic E-state index is 0.253. The summed E-state index contributed by atoms with van der Waals surface area (Å²) in [4.78, 5) is 16.5. The van der Waals surface area contributed by atoms with Gasteiger partial charge in [0.2, 0.25) is 0 Å². The van der Waals surface area contributed by atoms with Crippen LogP contribution >= 0.6 is 23.2 Å². The monoisotopic (exact) mass is 398 g/mol. The van der Waals surface area contributed by atoms with Gasteiger partial charge in [0.25, 0.3) is 5.91 Å². The van der Waals surface area contributed by atoms with Gasteiger partial charge in [0, 0.05) is 17.8 Å². The third-order valence-corrected chi connectivity index (χ3v) is 7.23. The van der Waals surface area contributed by atoms with E-state index in [1.807, 2.05) is 0 Å². The van der Waals surface area contributed by atoms with Crippen molar-refractivity contribution < 1.29 is 13.2 Å². The van der Waals surface area contributed by atoms with Crippen LogP contribution in [-0.4, -0.2) is 24.6 Å². The van der Waals surface area contributed by atoms with Crippen LogP contribution in [0.3, 0.4) is 0 Å². The van der Waals surface area contributed by atoms with Crippen LogP contribution < -0.4 is 5.32 Å². The molecule has 0 atom stereocenters. The highest BCUT2D eigenvalue weighted by molar-refractivity contribution is 7.92. The topological polar surface area (TPSA) is 76.1 Å². The van der Waals surface area contributed by atoms with E-state index in [1.54, 1.807) is 0 Å². The Morgan fingerprint density at radius 2 is 1.72 bits per heavy atom. The first-order valence-corrected chi connectivity index (χ1v) is 10.1. The van der Waals surface area contributed by atoms with E-state index in [9.17, 15) is 13.2 Å². The highest BCUT2D eigenvalue weighted by atomic mass is 35.5. The van der Waals surface area contributed by atoms with Gasteiger partial charge in [-0.25, -0.2) is 13.4 Å². The van der Waals surface area contributed by atoms with E-state index in [2.05, 4.69) is 10.3 Å². The molecule has 1 aliphatic rings. The average Bonchev–Trinajstić information content (AvgIpc) is 3.14. The number of hydrogen-bond donors (Lipinski definition) is 1. The second kappa shape index (κ2) is 7.32. The van der Waals surface area contributed by atoms with Crippen LogP contribution in [0.4, 0.5) is 5.82 Å². The van der Waals surface area contributed by atoms with E-state index in [0.29, 0.717) is 23.4 Å². The molecule has 0 spiro atoms. The lowest BCUT2D eigenvalue weighted by atomic mass is 10.2. The van der Waals surface area contributed by atoms with Crippen molar-refractivity contribution in [2.24, 2.45) is 0 Å². The van der Waals surface area contributed by atoms with Gasteiger partial charge in [-0.05, 0) is 37.1 Å². The fraction of sp³-hybridized carbons (Fsp3) is 0.294. The summed E-state index contributed by atoms with van der Waals surface area (Å²) < 4.78 is 25.1. The largest absolute Gasteiger partial charge is 0.307 e. The van der Waals surface area contributed by atoms with Crippen LogP contribution in [0.1, 0.15) is 36.0 Å². The zero-order valence-corrected chi connectivity index (χ0v) is 15.5. The predicted molar refractivity (Wildman–Crippen MR) is 98.1 cm³/mol. The maximum absolute atomic E-state index is 12.5. The molecule has 0 radical (unpaired) electrons. The van der Waals surface area contributed by atoms with Crippen molar-refractivity contribution in [3.05, 3.63) is 52.1 Å². The number of nitrogens with zero attached hydrogens (tertiary/aromatic N) is 1. The van der Waals surface area contributed by atoms with Crippen LogP contribution in [0.5, 0.6) is 0 Å². The molecule has 8 heteroatoms. The van der Waals surface area contributed by atoms with Crippen LogP contribution in [0.2, 0.25) is 10.0 Å². The van der Waals surface area contributed by atoms with Crippen LogP contribution in [0.25, 0.3) is 0 Å². The maximum atomic E-state index is 12.5. The summed E-state index contributed by atoms with van der Waals surface area (Å²) >= 11 is 11.7. The molecule has 1 heterocycles. The lowest BCUT2D eigenvalue weighted by Crippen LogP contribution is -2.18. The molecule has 1 amide bonds. The van der Waals surface area contributed by atoms with Crippen molar-refractivity contribution in [3.63, 3.8) is 0 Å². The third kappa shape index (κ3) is 3.97. The van der Waals surface area contributed by atoms with E-state index >= 15 is 0 Å². The molecule has 1 aromatic heterocycles. The van der Waals surface area contributed by atoms with Gasteiger partial charge in [-0.2, -0.15) is 0 Å². The summed E-state index contributed by atoms with van der Waals surface area (Å²) in [5.74, 6) is -0.141. The van der Waals surface area contributed by atoms with Crippen molar-refractivity contribution in [2.75, 3.05) is 5.32 Å². The molecule has 1 saturated carbocycles. The number of halogens is 2. The smallest absolute Gasteiger partial charge is 0.256 e. The number of sulfone groups is 1. The number of benzene rings is 1. The van der Waals surface area contributed by atoms with Crippen molar-refractivity contribution in [1.29, 1.82) is 0 Å². The number of carbonyl (C=O) groups is 1. The van der Waals surface area contributed by atoms with Crippen molar-refractivity contribution in [1.82, 2.24) is 4.98 Å². The molecule has 3 rings (SSSR count). The van der Waals surface area contributed by atoms with E-state index < -0.39 is 15.7 Å². The van der Waals surface area contributed by atoms with Gasteiger partial charge in [-0.1, -0.05) is 36.0 Å². The number of amides is 1. The predicted octanol–water partition coefficient (Wildman–Crippen LogP) is 4.36. The normalized spacial score (nSPS) is 15.3. The Labute approximate surface area is 156 Å². The molecule has 0 saturated heterocycles. The summed E-state index contributed by atoms with van der Waals surface area (Å²) in [6, 6.07) is 7.39. The summed E-state index contributed by atoms with van der Waals surface area (Å²) in [6.07, 6.45) is 4.64. The molecule has 25 heavy (non-hydrogen) atoms. The van der Waals surface area contributed by atoms with Gasteiger partial charge < -0.3 is 5.32 Å². The van der Waals surface area contributed by atoms with Crippen molar-refractivity contribution in [3.8, 4) is 0 Å². The Morgan fingerprint density at radius 3 is 2.32 bits per heavy atom. The van der Waals surface area contributed by atoms with Gasteiger partial charge in [0.05, 0.1) is 20.2 Å². The number of carbonyl (C=O) groups excluding carboxylic acids is 1. The number of anilines is 1. The number of pyridine rings is 1. The lowest BCUT2D eigenvalue weighted by molar-refractivity contribution is 0.102. The summed E-state index contributed by atoms with van der Waals surface area (Å²) in [7, 11) is -3.33. The molecule has 1 aromatic carbocycles. The Hall–Kier alpha value is -1.63. The second-order valence-corrected chi connectivity index (χ2v) is 8.96. The molecule has 0 aliphatic heterocycles. The second-order valence-electron chi connectivity index (χ2n) is 5.91. The van der Waals surface area contributed by atoms with Crippen molar-refractivity contribution in [2.45, 2.75) is 35.8 Å². The van der Waals surface area contributed by atoms with Crippen molar-refractivity contribution >= 4 is 44.8 Å². The number of nitrogens with one attached hydrogen (secondary N) is 1. The first-order chi connectivity index (χ1) is 11.9. The average molecular weight is 399 g/mol. The first-order valence-electron chi connectivity index (χ1n) is 7.84. The minimum Gasteiger partial charge on any atom is -0.307 e. The fourth-order valence-corrected chi connectivity index (χ4v) is 4.97. The zero-order valence-electron chi connectivity index (χ0n) is 13.2. The molecule has 5 nitrogen and oxygen atoms in total. The zero-order chi connectivity index (χ0) is 18.0. The van der Waals surface area contributed by atoms with Gasteiger partial charge in [0.15, 0.2) is 9.84 Å². The van der Waals surface area contributed by atoms with Gasteiger partial charge >= 0.3 is 0 Å². The third-order valence-electron chi connectivity index (χ3n) is 4.24. The molecule has 2 aromatic rings. The molecule has 1 N–H and O–H groups in total. The van der Waals surface area contributed by atoms with Gasteiger partial charge in [-0.3, -0.25) is 4.79 Å². The van der Waals surface area contributed by atoms with Crippen LogP contribution in [0.15, 0.2) is 41.4 Å². The Bertz CT molecular complexity index is 893. The van der Waals surface area contributed by atoms with Crippen LogP contribution in [0, 0.1) is 0 Å². The van der Waals surface area contributed by atoms with Gasteiger partial charge in [0.1, 0.15) is 5.82 Å². The van der Waals surface area contributed by atoms with E-state index in [4.69, 9.17) is 23.2 Å². The molecule has 0 bridgehead atoms. The van der Waals surface area contributed by atoms with E-state index in [0.717, 1.165) is 12.8 Å². The summed E-state index contributed by atoms with van der Waals surface area (Å²) in [5.41, 5.74) is 0.332. The molecule has 0 unspecified atom stereocenters. The maximum Gasteiger partial charge on any atom is 0.256 e. The standard InChI is InChI=1S/C17H16Cl2N2O3S/c18-14-9-16(20-10-15(14)19)21-17(22)11-5-7-13(8-6-11)25(23,24)12-3-1-2-4-12/h5-10,12H,1-4H2,(H,20,21,22). The van der Waals surface area contributed by atoms with E-state index in [1.165, 1.54) is 36.5 Å². The Balaban J connectivity index is 1.75. The van der Waals surface area contributed by atoms with Crippen LogP contribution in [-0.2, 0) is 9.84 Å². The molecular weight excluding hydrogens is 383 g/mol. The van der Waals surface area contributed by atoms with Gasteiger partial charge in [-0.15, -0.1) is 0 Å². The Kier molecular flexibility index (Phi) is 5.32. The lowest BCUT2D eigenvalue weighted by Gasteiger charge is -2.11. The Morgan fingerprint density at radius 1 is 1.08 bits per heavy atom. The number of aromatic nitrogens is 1. The molecule has 1 fully saturated rings. The molecular formula is C17H16Cl2N2O3S. The summed E-state index contributed by atoms with van der Waals surface area (Å²) in [6.45, 7) is 0. The first kappa shape index (κ1) is 18.2. The summed E-state index contributed by atoms with van der Waals surface area (Å²) in [5, 5.41) is 2.86. The number of hydrogen-bond acceptors (Lipinski definition) is 4. The highest BCUT2D eigenvalue weighted by Crippen LogP contribution is 2.29. The molecule has 132 valence electrons. The SMILES string of the molecule is O=C(Nc1cc(Cl)c(Cl)cn1)c1ccc(S(=O)(=O)C2CCCC2)cc1. The fourth-order valence-electron chi connectivity index (χ4n) is 2.86. The minimum atomic E-state index is -3.33. The number of rotatable bonds is 4.